The Bertz CT molecular complexity index is 1260. The van der Waals surface area contributed by atoms with Crippen LogP contribution >= 0.6 is 0 Å². The number of esters is 1. The van der Waals surface area contributed by atoms with E-state index in [1.54, 1.807) is 6.07 Å². The van der Waals surface area contributed by atoms with E-state index >= 15 is 0 Å². The van der Waals surface area contributed by atoms with E-state index < -0.39 is 5.60 Å². The van der Waals surface area contributed by atoms with Crippen LogP contribution in [0.4, 0.5) is 4.39 Å². The van der Waals surface area contributed by atoms with Crippen molar-refractivity contribution in [1.29, 1.82) is 0 Å². The van der Waals surface area contributed by atoms with E-state index in [1.807, 2.05) is 12.1 Å². The number of aromatic nitrogens is 2. The number of fused-ring (bicyclic) bond motifs is 2. The lowest BCUT2D eigenvalue weighted by Gasteiger charge is -2.47. The number of aryl methyl sites for hydroxylation is 3. The lowest BCUT2D eigenvalue weighted by Crippen LogP contribution is -2.49. The van der Waals surface area contributed by atoms with Crippen molar-refractivity contribution in [3.63, 3.8) is 0 Å². The molecule has 0 fully saturated rings. The molecule has 0 aliphatic heterocycles. The number of halogens is 1. The number of para-hydroxylation sites is 2. The molecule has 0 saturated carbocycles. The highest BCUT2D eigenvalue weighted by Gasteiger charge is 2.47. The van der Waals surface area contributed by atoms with Crippen LogP contribution in [0.25, 0.3) is 11.0 Å². The standard InChI is InChI=1S/C32H44FN3O3/c1-23(2)31-26-15-14-25(33)21-24(26)16-17-32(31,39-30(37)22-38-5)18-20-35(3)19-10-6-7-13-29-34-27-11-8-9-12-28(27)36(29)4/h8-9,11-12,14-15,21,23,31H,6-7,10,13,16-20,22H2,1-5H3/t31-,32-/m0/s1. The zero-order chi connectivity index (χ0) is 28.0. The van der Waals surface area contributed by atoms with E-state index in [9.17, 15) is 9.18 Å². The quantitative estimate of drug-likeness (QED) is 0.196. The molecular weight excluding hydrogens is 493 g/mol. The average Bonchev–Trinajstić information content (AvgIpc) is 3.22. The molecule has 4 rings (SSSR count). The molecule has 0 spiro atoms. The van der Waals surface area contributed by atoms with Gasteiger partial charge in [0.2, 0.25) is 0 Å². The molecule has 0 amide bonds. The first-order valence-corrected chi connectivity index (χ1v) is 14.3. The van der Waals surface area contributed by atoms with E-state index in [0.29, 0.717) is 12.8 Å². The molecule has 6 nitrogen and oxygen atoms in total. The first-order chi connectivity index (χ1) is 18.7. The number of rotatable bonds is 13. The summed E-state index contributed by atoms with van der Waals surface area (Å²) in [6.07, 6.45) is 6.44. The molecule has 1 aliphatic carbocycles. The third kappa shape index (κ3) is 6.87. The highest BCUT2D eigenvalue weighted by Crippen LogP contribution is 2.48. The van der Waals surface area contributed by atoms with Gasteiger partial charge in [0.25, 0.3) is 0 Å². The van der Waals surface area contributed by atoms with Crippen LogP contribution in [0.1, 0.15) is 68.8 Å². The minimum atomic E-state index is -0.636. The maximum atomic E-state index is 14.0. The second kappa shape index (κ2) is 13.1. The molecule has 0 unspecified atom stereocenters. The highest BCUT2D eigenvalue weighted by atomic mass is 19.1. The fourth-order valence-electron chi connectivity index (χ4n) is 6.42. The van der Waals surface area contributed by atoms with Gasteiger partial charge < -0.3 is 18.9 Å². The van der Waals surface area contributed by atoms with Crippen LogP contribution in [0.2, 0.25) is 0 Å². The lowest BCUT2D eigenvalue weighted by molar-refractivity contribution is -0.172. The number of unbranched alkanes of at least 4 members (excludes halogenated alkanes) is 2. The van der Waals surface area contributed by atoms with E-state index in [2.05, 4.69) is 55.6 Å². The Morgan fingerprint density at radius 1 is 1.18 bits per heavy atom. The maximum Gasteiger partial charge on any atom is 0.332 e. The molecule has 1 aromatic heterocycles. The van der Waals surface area contributed by atoms with Gasteiger partial charge in [0.15, 0.2) is 0 Å². The number of nitrogens with zero attached hydrogens (tertiary/aromatic N) is 3. The van der Waals surface area contributed by atoms with Crippen molar-refractivity contribution in [2.75, 3.05) is 33.9 Å². The fraction of sp³-hybridized carbons (Fsp3) is 0.562. The normalized spacial score (nSPS) is 19.1. The molecule has 0 saturated heterocycles. The average molecular weight is 538 g/mol. The summed E-state index contributed by atoms with van der Waals surface area (Å²) in [5.41, 5.74) is 3.74. The van der Waals surface area contributed by atoms with Crippen LogP contribution < -0.4 is 0 Å². The molecule has 2 atom stereocenters. The molecule has 7 heteroatoms. The van der Waals surface area contributed by atoms with Gasteiger partial charge in [-0.05, 0) is 80.6 Å². The predicted octanol–water partition coefficient (Wildman–Crippen LogP) is 6.06. The third-order valence-corrected chi connectivity index (χ3v) is 8.31. The van der Waals surface area contributed by atoms with Crippen molar-refractivity contribution < 1.29 is 18.7 Å². The molecular formula is C32H44FN3O3. The number of benzene rings is 2. The number of hydrogen-bond donors (Lipinski definition) is 0. The van der Waals surface area contributed by atoms with Gasteiger partial charge in [-0.15, -0.1) is 0 Å². The van der Waals surface area contributed by atoms with Crippen LogP contribution in [0.3, 0.4) is 0 Å². The van der Waals surface area contributed by atoms with Crippen molar-refractivity contribution in [3.8, 4) is 0 Å². The zero-order valence-electron chi connectivity index (χ0n) is 24.2. The summed E-state index contributed by atoms with van der Waals surface area (Å²) in [6, 6.07) is 13.3. The molecule has 2 aromatic carbocycles. The summed E-state index contributed by atoms with van der Waals surface area (Å²) < 4.78 is 27.6. The van der Waals surface area contributed by atoms with E-state index in [4.69, 9.17) is 14.5 Å². The zero-order valence-corrected chi connectivity index (χ0v) is 24.2. The van der Waals surface area contributed by atoms with Gasteiger partial charge in [0.05, 0.1) is 11.0 Å². The van der Waals surface area contributed by atoms with Crippen molar-refractivity contribution in [2.24, 2.45) is 13.0 Å². The second-order valence-corrected chi connectivity index (χ2v) is 11.5. The summed E-state index contributed by atoms with van der Waals surface area (Å²) in [6.45, 7) is 6.07. The molecule has 3 aromatic rings. The Hall–Kier alpha value is -2.77. The van der Waals surface area contributed by atoms with Crippen LogP contribution in [-0.4, -0.2) is 59.9 Å². The van der Waals surface area contributed by atoms with E-state index in [0.717, 1.165) is 67.7 Å². The van der Waals surface area contributed by atoms with Gasteiger partial charge in [0, 0.05) is 39.5 Å². The SMILES string of the molecule is COCC(=O)O[C@]1(CCN(C)CCCCCc2nc3ccccc3n2C)CCc2cc(F)ccc2[C@@H]1C(C)C. The Morgan fingerprint density at radius 2 is 1.97 bits per heavy atom. The molecule has 0 N–H and O–H groups in total. The smallest absolute Gasteiger partial charge is 0.332 e. The maximum absolute atomic E-state index is 14.0. The minimum absolute atomic E-state index is 0.00403. The molecule has 39 heavy (non-hydrogen) atoms. The Labute approximate surface area is 232 Å². The van der Waals surface area contributed by atoms with Gasteiger partial charge in [0.1, 0.15) is 23.8 Å². The monoisotopic (exact) mass is 537 g/mol. The van der Waals surface area contributed by atoms with Gasteiger partial charge in [-0.25, -0.2) is 14.2 Å². The Kier molecular flexibility index (Phi) is 9.78. The summed E-state index contributed by atoms with van der Waals surface area (Å²) in [5, 5.41) is 0. The lowest BCUT2D eigenvalue weighted by atomic mass is 9.65. The fourth-order valence-corrected chi connectivity index (χ4v) is 6.42. The molecule has 0 bridgehead atoms. The topological polar surface area (TPSA) is 56.6 Å². The molecule has 212 valence electrons. The van der Waals surface area contributed by atoms with Gasteiger partial charge in [-0.2, -0.15) is 0 Å². The van der Waals surface area contributed by atoms with Gasteiger partial charge in [-0.3, -0.25) is 0 Å². The van der Waals surface area contributed by atoms with Crippen LogP contribution in [0, 0.1) is 11.7 Å². The number of methoxy groups -OCH3 is 1. The largest absolute Gasteiger partial charge is 0.457 e. The molecule has 1 aliphatic rings. The Morgan fingerprint density at radius 3 is 2.72 bits per heavy atom. The van der Waals surface area contributed by atoms with E-state index in [-0.39, 0.29) is 30.2 Å². The first kappa shape index (κ1) is 29.2. The highest BCUT2D eigenvalue weighted by molar-refractivity contribution is 5.75. The number of hydrogen-bond acceptors (Lipinski definition) is 5. The van der Waals surface area contributed by atoms with Crippen LogP contribution in [0.5, 0.6) is 0 Å². The third-order valence-electron chi connectivity index (χ3n) is 8.31. The van der Waals surface area contributed by atoms with Crippen molar-refractivity contribution >= 4 is 17.0 Å². The van der Waals surface area contributed by atoms with Crippen molar-refractivity contribution in [3.05, 3.63) is 65.2 Å². The summed E-state index contributed by atoms with van der Waals surface area (Å²) in [4.78, 5) is 19.8. The Balaban J connectivity index is 1.35. The number of imidazole rings is 1. The summed E-state index contributed by atoms with van der Waals surface area (Å²) in [7, 11) is 5.75. The number of carbonyl (C=O) groups is 1. The molecule has 1 heterocycles. The van der Waals surface area contributed by atoms with Gasteiger partial charge >= 0.3 is 5.97 Å². The second-order valence-electron chi connectivity index (χ2n) is 11.5. The summed E-state index contributed by atoms with van der Waals surface area (Å²) >= 11 is 0. The van der Waals surface area contributed by atoms with Crippen LogP contribution in [0.15, 0.2) is 42.5 Å². The first-order valence-electron chi connectivity index (χ1n) is 14.3. The van der Waals surface area contributed by atoms with Crippen molar-refractivity contribution in [2.45, 2.75) is 70.3 Å². The minimum Gasteiger partial charge on any atom is -0.457 e. The molecule has 0 radical (unpaired) electrons. The van der Waals surface area contributed by atoms with Gasteiger partial charge in [-0.1, -0.05) is 38.5 Å². The van der Waals surface area contributed by atoms with Crippen LogP contribution in [-0.2, 0) is 34.2 Å². The number of ether oxygens (including phenoxy) is 2. The van der Waals surface area contributed by atoms with Crippen molar-refractivity contribution in [1.82, 2.24) is 14.5 Å². The summed E-state index contributed by atoms with van der Waals surface area (Å²) in [5.74, 6) is 0.832. The number of carbonyl (C=O) groups excluding carboxylic acids is 1. The van der Waals surface area contributed by atoms with E-state index in [1.165, 1.54) is 18.7 Å². The predicted molar refractivity (Wildman–Crippen MR) is 153 cm³/mol.